The highest BCUT2D eigenvalue weighted by molar-refractivity contribution is 5.47. The minimum atomic E-state index is -5.27. The number of aliphatic hydroxyl groups is 1. The maximum atomic E-state index is 13.6. The Morgan fingerprint density at radius 2 is 1.21 bits per heavy atom. The second-order valence-corrected chi connectivity index (χ2v) is 4.82. The van der Waals surface area contributed by atoms with Crippen molar-refractivity contribution >= 4 is 11.4 Å². The third kappa shape index (κ3) is 2.91. The summed E-state index contributed by atoms with van der Waals surface area (Å²) in [6, 6.07) is 6.78. The Morgan fingerprint density at radius 1 is 0.833 bits per heavy atom. The van der Waals surface area contributed by atoms with Gasteiger partial charge in [-0.15, -0.1) is 0 Å². The van der Waals surface area contributed by atoms with E-state index in [1.165, 1.54) is 0 Å². The molecule has 0 unspecified atom stereocenters. The third-order valence-electron chi connectivity index (χ3n) is 3.36. The summed E-state index contributed by atoms with van der Waals surface area (Å²) in [6.45, 7) is 0. The Labute approximate surface area is 132 Å². The topological polar surface area (TPSA) is 107 Å². The van der Waals surface area contributed by atoms with Crippen LogP contribution >= 0.6 is 0 Å². The molecule has 0 fully saturated rings. The van der Waals surface area contributed by atoms with E-state index in [0.29, 0.717) is 12.1 Å². The van der Waals surface area contributed by atoms with Gasteiger partial charge in [-0.1, -0.05) is 24.3 Å². The lowest BCUT2D eigenvalue weighted by Crippen LogP contribution is -2.43. The molecule has 0 saturated heterocycles. The Bertz CT molecular complexity index is 749. The quantitative estimate of drug-likeness (QED) is 0.678. The van der Waals surface area contributed by atoms with Gasteiger partial charge in [0, 0.05) is 35.4 Å². The lowest BCUT2D eigenvalue weighted by molar-refractivity contribution is -0.385. The Balaban J connectivity index is 2.73. The molecule has 24 heavy (non-hydrogen) atoms. The molecule has 0 aliphatic carbocycles. The third-order valence-corrected chi connectivity index (χ3v) is 3.36. The SMILES string of the molecule is O=[N+]([O-])c1cccc(C(O)(c2cccc([N+](=O)[O-])c2)C(F)(F)F)c1. The number of benzene rings is 2. The summed E-state index contributed by atoms with van der Waals surface area (Å²) < 4.78 is 40.7. The number of nitrogens with zero attached hydrogens (tertiary/aromatic N) is 2. The largest absolute Gasteiger partial charge is 0.425 e. The van der Waals surface area contributed by atoms with Crippen molar-refractivity contribution in [1.29, 1.82) is 0 Å². The molecule has 7 nitrogen and oxygen atoms in total. The fraction of sp³-hybridized carbons (Fsp3) is 0.143. The van der Waals surface area contributed by atoms with E-state index in [1.54, 1.807) is 0 Å². The molecule has 1 N–H and O–H groups in total. The van der Waals surface area contributed by atoms with Crippen LogP contribution in [0.3, 0.4) is 0 Å². The molecular weight excluding hydrogens is 333 g/mol. The summed E-state index contributed by atoms with van der Waals surface area (Å²) in [6.07, 6.45) is -5.27. The molecule has 2 aromatic rings. The Kier molecular flexibility index (Phi) is 4.26. The second-order valence-electron chi connectivity index (χ2n) is 4.82. The smallest absolute Gasteiger partial charge is 0.372 e. The molecule has 0 heterocycles. The lowest BCUT2D eigenvalue weighted by atomic mass is 9.85. The number of halogens is 3. The molecule has 0 aliphatic rings. The number of hydrogen-bond acceptors (Lipinski definition) is 5. The second kappa shape index (κ2) is 5.89. The molecule has 10 heteroatoms. The molecular formula is C14H9F3N2O5. The van der Waals surface area contributed by atoms with E-state index in [4.69, 9.17) is 0 Å². The summed E-state index contributed by atoms with van der Waals surface area (Å²) in [5.74, 6) is 0. The van der Waals surface area contributed by atoms with Crippen LogP contribution in [0.5, 0.6) is 0 Å². The number of nitro benzene ring substituents is 2. The van der Waals surface area contributed by atoms with E-state index in [1.807, 2.05) is 0 Å². The van der Waals surface area contributed by atoms with E-state index in [-0.39, 0.29) is 0 Å². The molecule has 126 valence electrons. The van der Waals surface area contributed by atoms with Crippen LogP contribution in [-0.2, 0) is 5.60 Å². The number of non-ortho nitro benzene ring substituents is 2. The number of hydrogen-bond donors (Lipinski definition) is 1. The van der Waals surface area contributed by atoms with Crippen LogP contribution in [0.15, 0.2) is 48.5 Å². The molecule has 0 radical (unpaired) electrons. The first-order chi connectivity index (χ1) is 11.1. The lowest BCUT2D eigenvalue weighted by Gasteiger charge is -2.31. The van der Waals surface area contributed by atoms with Gasteiger partial charge in [0.05, 0.1) is 9.85 Å². The molecule has 0 spiro atoms. The predicted molar refractivity (Wildman–Crippen MR) is 75.2 cm³/mol. The zero-order valence-corrected chi connectivity index (χ0v) is 11.7. The first-order valence-corrected chi connectivity index (χ1v) is 6.36. The average Bonchev–Trinajstić information content (AvgIpc) is 2.53. The highest BCUT2D eigenvalue weighted by Crippen LogP contribution is 2.45. The normalized spacial score (nSPS) is 12.0. The number of rotatable bonds is 4. The first-order valence-electron chi connectivity index (χ1n) is 6.36. The van der Waals surface area contributed by atoms with Gasteiger partial charge in [-0.2, -0.15) is 13.2 Å². The summed E-state index contributed by atoms with van der Waals surface area (Å²) in [7, 11) is 0. The van der Waals surface area contributed by atoms with Crippen molar-refractivity contribution < 1.29 is 28.1 Å². The van der Waals surface area contributed by atoms with Gasteiger partial charge in [0.15, 0.2) is 0 Å². The van der Waals surface area contributed by atoms with Gasteiger partial charge in [0.25, 0.3) is 11.4 Å². The standard InChI is InChI=1S/C14H9F3N2O5/c15-14(16,17)13(20,9-3-1-5-11(7-9)18(21)22)10-4-2-6-12(8-10)19(23)24/h1-8,20H. The first kappa shape index (κ1) is 17.3. The average molecular weight is 342 g/mol. The van der Waals surface area contributed by atoms with Crippen molar-refractivity contribution in [1.82, 2.24) is 0 Å². The molecule has 0 bridgehead atoms. The molecule has 0 aliphatic heterocycles. The van der Waals surface area contributed by atoms with Crippen LogP contribution < -0.4 is 0 Å². The summed E-state index contributed by atoms with van der Waals surface area (Å²) in [5.41, 5.74) is -6.57. The Hall–Kier alpha value is -3.01. The van der Waals surface area contributed by atoms with Gasteiger partial charge in [-0.25, -0.2) is 0 Å². The van der Waals surface area contributed by atoms with Crippen molar-refractivity contribution in [3.8, 4) is 0 Å². The summed E-state index contributed by atoms with van der Waals surface area (Å²) >= 11 is 0. The van der Waals surface area contributed by atoms with Crippen LogP contribution in [0, 0.1) is 20.2 Å². The molecule has 2 aromatic carbocycles. The fourth-order valence-electron chi connectivity index (χ4n) is 2.18. The van der Waals surface area contributed by atoms with E-state index < -0.39 is 44.1 Å². The summed E-state index contributed by atoms with van der Waals surface area (Å²) in [4.78, 5) is 19.7. The number of nitro groups is 2. The molecule has 0 amide bonds. The maximum absolute atomic E-state index is 13.6. The van der Waals surface area contributed by atoms with Crippen LogP contribution in [0.1, 0.15) is 11.1 Å². The van der Waals surface area contributed by atoms with E-state index in [2.05, 4.69) is 0 Å². The van der Waals surface area contributed by atoms with Crippen molar-refractivity contribution in [3.05, 3.63) is 79.9 Å². The highest BCUT2D eigenvalue weighted by atomic mass is 19.4. The van der Waals surface area contributed by atoms with Crippen LogP contribution in [0.2, 0.25) is 0 Å². The van der Waals surface area contributed by atoms with Crippen LogP contribution in [0.4, 0.5) is 24.5 Å². The maximum Gasteiger partial charge on any atom is 0.425 e. The van der Waals surface area contributed by atoms with Gasteiger partial charge in [-0.05, 0) is 0 Å². The van der Waals surface area contributed by atoms with E-state index in [9.17, 15) is 38.5 Å². The van der Waals surface area contributed by atoms with Gasteiger partial charge < -0.3 is 5.11 Å². The van der Waals surface area contributed by atoms with Crippen LogP contribution in [-0.4, -0.2) is 21.1 Å². The molecule has 0 saturated carbocycles. The van der Waals surface area contributed by atoms with Gasteiger partial charge >= 0.3 is 6.18 Å². The van der Waals surface area contributed by atoms with Crippen molar-refractivity contribution in [3.63, 3.8) is 0 Å². The van der Waals surface area contributed by atoms with Gasteiger partial charge in [0.1, 0.15) is 0 Å². The van der Waals surface area contributed by atoms with Crippen molar-refractivity contribution in [2.45, 2.75) is 11.8 Å². The van der Waals surface area contributed by atoms with Gasteiger partial charge in [-0.3, -0.25) is 20.2 Å². The highest BCUT2D eigenvalue weighted by Gasteiger charge is 2.57. The minimum Gasteiger partial charge on any atom is -0.372 e. The van der Waals surface area contributed by atoms with Crippen molar-refractivity contribution in [2.24, 2.45) is 0 Å². The van der Waals surface area contributed by atoms with E-state index in [0.717, 1.165) is 36.4 Å². The molecule has 0 aromatic heterocycles. The minimum absolute atomic E-state index is 0.576. The zero-order valence-electron chi connectivity index (χ0n) is 11.7. The fourth-order valence-corrected chi connectivity index (χ4v) is 2.18. The summed E-state index contributed by atoms with van der Waals surface area (Å²) in [5, 5.41) is 31.9. The Morgan fingerprint density at radius 3 is 1.50 bits per heavy atom. The van der Waals surface area contributed by atoms with Gasteiger partial charge in [0.2, 0.25) is 5.60 Å². The zero-order chi connectivity index (χ0) is 18.1. The monoisotopic (exact) mass is 342 g/mol. The number of alkyl halides is 3. The van der Waals surface area contributed by atoms with Crippen LogP contribution in [0.25, 0.3) is 0 Å². The predicted octanol–water partition coefficient (Wildman–Crippen LogP) is 3.30. The van der Waals surface area contributed by atoms with E-state index >= 15 is 0 Å². The molecule has 0 atom stereocenters. The van der Waals surface area contributed by atoms with Crippen molar-refractivity contribution in [2.75, 3.05) is 0 Å². The molecule has 2 rings (SSSR count).